The molecule has 1 heterocycles. The van der Waals surface area contributed by atoms with Crippen molar-refractivity contribution in [3.63, 3.8) is 0 Å². The third-order valence-corrected chi connectivity index (χ3v) is 2.89. The molecular formula is C11H8ClFN2S. The lowest BCUT2D eigenvalue weighted by Crippen LogP contribution is -1.93. The van der Waals surface area contributed by atoms with Gasteiger partial charge in [-0.3, -0.25) is 0 Å². The van der Waals surface area contributed by atoms with Crippen molar-refractivity contribution in [2.75, 3.05) is 4.72 Å². The van der Waals surface area contributed by atoms with Gasteiger partial charge in [-0.05, 0) is 48.3 Å². The van der Waals surface area contributed by atoms with Crippen LogP contribution in [0.4, 0.5) is 10.2 Å². The van der Waals surface area contributed by atoms with Gasteiger partial charge < -0.3 is 4.72 Å². The van der Waals surface area contributed by atoms with E-state index in [1.807, 2.05) is 12.1 Å². The second-order valence-electron chi connectivity index (χ2n) is 2.99. The van der Waals surface area contributed by atoms with E-state index in [-0.39, 0.29) is 11.6 Å². The lowest BCUT2D eigenvalue weighted by atomic mass is 10.4. The minimum absolute atomic E-state index is 0.224. The van der Waals surface area contributed by atoms with Crippen LogP contribution in [0.3, 0.4) is 0 Å². The first-order chi connectivity index (χ1) is 7.75. The number of pyridine rings is 1. The normalized spacial score (nSPS) is 10.1. The summed E-state index contributed by atoms with van der Waals surface area (Å²) in [4.78, 5) is 4.82. The van der Waals surface area contributed by atoms with Gasteiger partial charge >= 0.3 is 0 Å². The molecule has 1 N–H and O–H groups in total. The number of aromatic nitrogens is 1. The summed E-state index contributed by atoms with van der Waals surface area (Å²) >= 11 is 7.04. The fourth-order valence-corrected chi connectivity index (χ4v) is 1.83. The summed E-state index contributed by atoms with van der Waals surface area (Å²) in [6.07, 6.45) is 1.54. The van der Waals surface area contributed by atoms with Crippen LogP contribution in [-0.4, -0.2) is 4.98 Å². The zero-order valence-corrected chi connectivity index (χ0v) is 9.73. The Bertz CT molecular complexity index is 476. The van der Waals surface area contributed by atoms with Crippen LogP contribution in [0.25, 0.3) is 0 Å². The van der Waals surface area contributed by atoms with Crippen LogP contribution in [0, 0.1) is 5.82 Å². The largest absolute Gasteiger partial charge is 0.308 e. The second-order valence-corrected chi connectivity index (χ2v) is 4.31. The quantitative estimate of drug-likeness (QED) is 0.839. The summed E-state index contributed by atoms with van der Waals surface area (Å²) in [6, 6.07) is 10.2. The van der Waals surface area contributed by atoms with Crippen LogP contribution in [0.5, 0.6) is 0 Å². The molecule has 5 heteroatoms. The standard InChI is InChI=1S/C11H8ClFN2S/c12-8-3-5-9(6-4-8)16-15-11-10(13)2-1-7-14-11/h1-7H,(H,14,15). The Morgan fingerprint density at radius 2 is 1.94 bits per heavy atom. The molecule has 0 spiro atoms. The molecule has 0 unspecified atom stereocenters. The molecule has 1 aromatic heterocycles. The van der Waals surface area contributed by atoms with E-state index in [2.05, 4.69) is 9.71 Å². The van der Waals surface area contributed by atoms with Gasteiger partial charge in [0.15, 0.2) is 11.6 Å². The highest BCUT2D eigenvalue weighted by Gasteiger charge is 2.01. The topological polar surface area (TPSA) is 24.9 Å². The van der Waals surface area contributed by atoms with Crippen molar-refractivity contribution in [3.05, 3.63) is 53.4 Å². The summed E-state index contributed by atoms with van der Waals surface area (Å²) in [5.41, 5.74) is 0. The van der Waals surface area contributed by atoms with Crippen molar-refractivity contribution in [3.8, 4) is 0 Å². The molecule has 0 aliphatic rings. The van der Waals surface area contributed by atoms with Gasteiger partial charge in [-0.2, -0.15) is 0 Å². The van der Waals surface area contributed by atoms with Crippen molar-refractivity contribution < 1.29 is 4.39 Å². The molecule has 0 bridgehead atoms. The average Bonchev–Trinajstić information content (AvgIpc) is 2.30. The van der Waals surface area contributed by atoms with Gasteiger partial charge in [0, 0.05) is 16.1 Å². The highest BCUT2D eigenvalue weighted by atomic mass is 35.5. The summed E-state index contributed by atoms with van der Waals surface area (Å²) in [5, 5.41) is 0.674. The van der Waals surface area contributed by atoms with Crippen LogP contribution in [0.15, 0.2) is 47.5 Å². The van der Waals surface area contributed by atoms with E-state index in [0.29, 0.717) is 5.02 Å². The fraction of sp³-hybridized carbons (Fsp3) is 0. The number of anilines is 1. The number of nitrogens with one attached hydrogen (secondary N) is 1. The molecule has 16 heavy (non-hydrogen) atoms. The van der Waals surface area contributed by atoms with Crippen molar-refractivity contribution in [1.82, 2.24) is 4.98 Å². The third kappa shape index (κ3) is 2.87. The van der Waals surface area contributed by atoms with Crippen LogP contribution >= 0.6 is 23.5 Å². The molecular weight excluding hydrogens is 247 g/mol. The summed E-state index contributed by atoms with van der Waals surface area (Å²) < 4.78 is 16.0. The molecule has 0 aliphatic heterocycles. The highest BCUT2D eigenvalue weighted by molar-refractivity contribution is 8.00. The van der Waals surface area contributed by atoms with Crippen LogP contribution in [0.2, 0.25) is 5.02 Å². The number of rotatable bonds is 3. The number of halogens is 2. The number of hydrogen-bond acceptors (Lipinski definition) is 3. The Balaban J connectivity index is 2.02. The van der Waals surface area contributed by atoms with Crippen LogP contribution < -0.4 is 4.72 Å². The van der Waals surface area contributed by atoms with E-state index in [1.54, 1.807) is 18.2 Å². The smallest absolute Gasteiger partial charge is 0.172 e. The molecule has 82 valence electrons. The van der Waals surface area contributed by atoms with E-state index >= 15 is 0 Å². The van der Waals surface area contributed by atoms with Gasteiger partial charge in [-0.15, -0.1) is 0 Å². The van der Waals surface area contributed by atoms with Gasteiger partial charge in [0.1, 0.15) is 0 Å². The molecule has 1 aromatic carbocycles. The molecule has 0 amide bonds. The van der Waals surface area contributed by atoms with Crippen molar-refractivity contribution in [1.29, 1.82) is 0 Å². The number of nitrogens with zero attached hydrogens (tertiary/aromatic N) is 1. The Kier molecular flexibility index (Phi) is 3.64. The molecule has 0 aliphatic carbocycles. The maximum atomic E-state index is 13.2. The molecule has 2 nitrogen and oxygen atoms in total. The maximum absolute atomic E-state index is 13.2. The van der Waals surface area contributed by atoms with Gasteiger partial charge in [0.05, 0.1) is 0 Å². The second kappa shape index (κ2) is 5.18. The van der Waals surface area contributed by atoms with Crippen molar-refractivity contribution >= 4 is 29.4 Å². The molecule has 0 saturated heterocycles. The third-order valence-electron chi connectivity index (χ3n) is 1.84. The van der Waals surface area contributed by atoms with Gasteiger partial charge in [-0.1, -0.05) is 11.6 Å². The fourth-order valence-electron chi connectivity index (χ4n) is 1.07. The lowest BCUT2D eigenvalue weighted by Gasteiger charge is -2.04. The first-order valence-corrected chi connectivity index (χ1v) is 5.74. The van der Waals surface area contributed by atoms with Crippen molar-refractivity contribution in [2.24, 2.45) is 0 Å². The predicted molar refractivity (Wildman–Crippen MR) is 65.1 cm³/mol. The van der Waals surface area contributed by atoms with Gasteiger partial charge in [0.25, 0.3) is 0 Å². The van der Waals surface area contributed by atoms with Crippen molar-refractivity contribution in [2.45, 2.75) is 4.90 Å². The predicted octanol–water partition coefficient (Wildman–Crippen LogP) is 3.99. The molecule has 0 fully saturated rings. The molecule has 0 saturated carbocycles. The minimum Gasteiger partial charge on any atom is -0.308 e. The van der Waals surface area contributed by atoms with E-state index in [1.165, 1.54) is 24.2 Å². The Morgan fingerprint density at radius 1 is 1.19 bits per heavy atom. The summed E-state index contributed by atoms with van der Waals surface area (Å²) in [5.74, 6) is -0.147. The molecule has 2 rings (SSSR count). The number of benzene rings is 1. The van der Waals surface area contributed by atoms with E-state index in [4.69, 9.17) is 11.6 Å². The lowest BCUT2D eigenvalue weighted by molar-refractivity contribution is 0.627. The molecule has 0 radical (unpaired) electrons. The van der Waals surface area contributed by atoms with Crippen LogP contribution in [-0.2, 0) is 0 Å². The summed E-state index contributed by atoms with van der Waals surface area (Å²) in [7, 11) is 0. The minimum atomic E-state index is -0.371. The summed E-state index contributed by atoms with van der Waals surface area (Å²) in [6.45, 7) is 0. The van der Waals surface area contributed by atoms with E-state index < -0.39 is 0 Å². The van der Waals surface area contributed by atoms with E-state index in [9.17, 15) is 4.39 Å². The average molecular weight is 255 g/mol. The van der Waals surface area contributed by atoms with Gasteiger partial charge in [0.2, 0.25) is 0 Å². The zero-order valence-electron chi connectivity index (χ0n) is 8.15. The Morgan fingerprint density at radius 3 is 2.62 bits per heavy atom. The molecule has 0 atom stereocenters. The van der Waals surface area contributed by atoms with Gasteiger partial charge in [-0.25, -0.2) is 9.37 Å². The Hall–Kier alpha value is -1.26. The first-order valence-electron chi connectivity index (χ1n) is 4.54. The number of hydrogen-bond donors (Lipinski definition) is 1. The first kappa shape index (κ1) is 11.2. The Labute approximate surface area is 102 Å². The molecule has 2 aromatic rings. The SMILES string of the molecule is Fc1cccnc1NSc1ccc(Cl)cc1. The van der Waals surface area contributed by atoms with Crippen LogP contribution in [0.1, 0.15) is 0 Å². The highest BCUT2D eigenvalue weighted by Crippen LogP contribution is 2.22. The monoisotopic (exact) mass is 254 g/mol. The zero-order chi connectivity index (χ0) is 11.4. The maximum Gasteiger partial charge on any atom is 0.172 e. The van der Waals surface area contributed by atoms with E-state index in [0.717, 1.165) is 4.90 Å².